The van der Waals surface area contributed by atoms with Gasteiger partial charge in [-0.25, -0.2) is 9.48 Å². The van der Waals surface area contributed by atoms with Gasteiger partial charge in [-0.05, 0) is 72.9 Å². The molecule has 2 unspecified atom stereocenters. The molecule has 0 spiro atoms. The van der Waals surface area contributed by atoms with Gasteiger partial charge in [0.1, 0.15) is 22.3 Å². The minimum Gasteiger partial charge on any atom is -0.443 e. The summed E-state index contributed by atoms with van der Waals surface area (Å²) in [7, 11) is -3.18. The Morgan fingerprint density at radius 3 is 2.51 bits per heavy atom. The summed E-state index contributed by atoms with van der Waals surface area (Å²) in [6.45, 7) is 14.1. The monoisotopic (exact) mass is 689 g/mol. The van der Waals surface area contributed by atoms with Crippen LogP contribution in [0.3, 0.4) is 0 Å². The SMILES string of the molecule is CCOP(C)(=O)C(C)(CO)SC[C@H]1O[C@@H](n2ncc3c(N(C(=O)OC(C)(C)C)C4CCCC4)nc(Cl)nc32)[C@@H]2OC(C)(C)O[C@@H]21. The van der Waals surface area contributed by atoms with Gasteiger partial charge < -0.3 is 28.6 Å². The van der Waals surface area contributed by atoms with Crippen molar-refractivity contribution in [3.63, 3.8) is 0 Å². The molecule has 1 amide bonds. The normalized spacial score (nSPS) is 27.8. The summed E-state index contributed by atoms with van der Waals surface area (Å²) in [5.41, 5.74) is -0.336. The number of carbonyl (C=O) groups excluding carboxylic acids is 1. The first-order chi connectivity index (χ1) is 21.0. The van der Waals surface area contributed by atoms with Crippen LogP contribution in [0.15, 0.2) is 6.20 Å². The third-order valence-electron chi connectivity index (χ3n) is 8.37. The van der Waals surface area contributed by atoms with E-state index in [1.165, 1.54) is 11.8 Å². The van der Waals surface area contributed by atoms with Crippen molar-refractivity contribution in [3.8, 4) is 0 Å². The van der Waals surface area contributed by atoms with Gasteiger partial charge in [-0.15, -0.1) is 11.8 Å². The molecule has 6 atom stereocenters. The molecule has 1 aliphatic carbocycles. The average molecular weight is 690 g/mol. The maximum absolute atomic E-state index is 13.6. The highest BCUT2D eigenvalue weighted by Crippen LogP contribution is 2.61. The highest BCUT2D eigenvalue weighted by Gasteiger charge is 2.57. The molecule has 1 N–H and O–H groups in total. The van der Waals surface area contributed by atoms with Crippen molar-refractivity contribution in [2.24, 2.45) is 0 Å². The zero-order valence-corrected chi connectivity index (χ0v) is 29.7. The van der Waals surface area contributed by atoms with Gasteiger partial charge in [0.15, 0.2) is 23.5 Å². The summed E-state index contributed by atoms with van der Waals surface area (Å²) in [5.74, 6) is -0.230. The van der Waals surface area contributed by atoms with Crippen molar-refractivity contribution in [1.82, 2.24) is 19.7 Å². The van der Waals surface area contributed by atoms with Gasteiger partial charge in [0.05, 0.1) is 30.9 Å². The first kappa shape index (κ1) is 34.8. The van der Waals surface area contributed by atoms with Crippen molar-refractivity contribution in [2.45, 2.75) is 121 Å². The summed E-state index contributed by atoms with van der Waals surface area (Å²) in [4.78, 5) is 24.2. The third kappa shape index (κ3) is 7.04. The molecule has 2 aromatic rings. The number of hydrogen-bond acceptors (Lipinski definition) is 12. The first-order valence-electron chi connectivity index (χ1n) is 15.4. The van der Waals surface area contributed by atoms with Crippen LogP contribution in [-0.2, 0) is 28.0 Å². The van der Waals surface area contributed by atoms with Gasteiger partial charge in [0, 0.05) is 18.5 Å². The predicted molar refractivity (Wildman–Crippen MR) is 172 cm³/mol. The van der Waals surface area contributed by atoms with Gasteiger partial charge in [-0.2, -0.15) is 15.1 Å². The summed E-state index contributed by atoms with van der Waals surface area (Å²) < 4.78 is 44.5. The molecule has 13 nitrogen and oxygen atoms in total. The van der Waals surface area contributed by atoms with Crippen LogP contribution in [0, 0.1) is 0 Å². The Morgan fingerprint density at radius 2 is 1.89 bits per heavy atom. The quantitative estimate of drug-likeness (QED) is 0.232. The average Bonchev–Trinajstić information content (AvgIpc) is 3.71. The summed E-state index contributed by atoms with van der Waals surface area (Å²) in [5, 5.41) is 15.4. The molecule has 1 saturated carbocycles. The molecule has 2 aliphatic heterocycles. The van der Waals surface area contributed by atoms with Crippen LogP contribution in [0.5, 0.6) is 0 Å². The van der Waals surface area contributed by atoms with Crippen molar-refractivity contribution in [1.29, 1.82) is 0 Å². The van der Waals surface area contributed by atoms with E-state index in [2.05, 4.69) is 15.1 Å². The van der Waals surface area contributed by atoms with Crippen molar-refractivity contribution >= 4 is 53.7 Å². The van der Waals surface area contributed by atoms with E-state index in [0.29, 0.717) is 22.6 Å². The van der Waals surface area contributed by atoms with Crippen LogP contribution in [-0.4, -0.2) is 96.8 Å². The van der Waals surface area contributed by atoms with Gasteiger partial charge in [-0.3, -0.25) is 9.46 Å². The molecule has 252 valence electrons. The fraction of sp³-hybridized carbons (Fsp3) is 0.793. The summed E-state index contributed by atoms with van der Waals surface area (Å²) >= 11 is 7.83. The van der Waals surface area contributed by atoms with E-state index >= 15 is 0 Å². The number of hydrogen-bond donors (Lipinski definition) is 1. The number of rotatable bonds is 10. The van der Waals surface area contributed by atoms with E-state index in [-0.39, 0.29) is 24.5 Å². The molecule has 4 heterocycles. The minimum atomic E-state index is -3.18. The highest BCUT2D eigenvalue weighted by molar-refractivity contribution is 8.07. The van der Waals surface area contributed by atoms with Crippen LogP contribution in [0.25, 0.3) is 11.0 Å². The molecule has 0 bridgehead atoms. The predicted octanol–water partition coefficient (Wildman–Crippen LogP) is 5.97. The van der Waals surface area contributed by atoms with Gasteiger partial charge in [0.25, 0.3) is 0 Å². The molecule has 45 heavy (non-hydrogen) atoms. The number of aliphatic hydroxyl groups is 1. The second-order valence-corrected chi connectivity index (χ2v) is 18.6. The van der Waals surface area contributed by atoms with Crippen molar-refractivity contribution < 1.29 is 37.9 Å². The number of ether oxygens (including phenoxy) is 4. The second kappa shape index (κ2) is 12.8. The lowest BCUT2D eigenvalue weighted by Gasteiger charge is -2.34. The van der Waals surface area contributed by atoms with E-state index in [0.717, 1.165) is 25.7 Å². The van der Waals surface area contributed by atoms with Crippen LogP contribution in [0.1, 0.15) is 80.4 Å². The topological polar surface area (TPSA) is 147 Å². The Balaban J connectivity index is 1.49. The number of carbonyl (C=O) groups is 1. The van der Waals surface area contributed by atoms with Crippen LogP contribution in [0.4, 0.5) is 10.6 Å². The number of aliphatic hydroxyl groups excluding tert-OH is 1. The number of anilines is 1. The van der Waals surface area contributed by atoms with Crippen LogP contribution < -0.4 is 4.90 Å². The molecule has 2 aromatic heterocycles. The fourth-order valence-corrected chi connectivity index (χ4v) is 9.45. The van der Waals surface area contributed by atoms with Crippen molar-refractivity contribution in [3.05, 3.63) is 11.5 Å². The van der Waals surface area contributed by atoms with E-state index in [4.69, 9.17) is 35.1 Å². The van der Waals surface area contributed by atoms with Gasteiger partial charge >= 0.3 is 6.09 Å². The molecule has 5 rings (SSSR count). The second-order valence-electron chi connectivity index (χ2n) is 13.5. The largest absolute Gasteiger partial charge is 0.443 e. The fourth-order valence-electron chi connectivity index (χ4n) is 6.06. The lowest BCUT2D eigenvalue weighted by atomic mass is 10.1. The number of amides is 1. The lowest BCUT2D eigenvalue weighted by molar-refractivity contribution is -0.195. The number of nitrogens with zero attached hydrogens (tertiary/aromatic N) is 5. The highest BCUT2D eigenvalue weighted by atomic mass is 35.5. The van der Waals surface area contributed by atoms with E-state index in [1.54, 1.807) is 36.3 Å². The Morgan fingerprint density at radius 1 is 1.22 bits per heavy atom. The van der Waals surface area contributed by atoms with Crippen LogP contribution >= 0.6 is 30.7 Å². The molecule has 3 fully saturated rings. The zero-order chi connectivity index (χ0) is 32.9. The van der Waals surface area contributed by atoms with Crippen molar-refractivity contribution in [2.75, 3.05) is 30.5 Å². The van der Waals surface area contributed by atoms with E-state index in [1.807, 2.05) is 34.6 Å². The molecule has 16 heteroatoms. The molecule has 0 aromatic carbocycles. The number of thioether (sulfide) groups is 1. The molecule has 2 saturated heterocycles. The molecular formula is C29H45ClN5O8PS. The Kier molecular flexibility index (Phi) is 9.93. The summed E-state index contributed by atoms with van der Waals surface area (Å²) in [6.07, 6.45) is 2.38. The number of halogens is 1. The third-order valence-corrected chi connectivity index (χ3v) is 13.8. The Labute approximate surface area is 273 Å². The minimum absolute atomic E-state index is 0.0512. The standard InChI is InChI=1S/C29H45ClN5O8PS/c1-9-39-44(8,38)29(7,16-36)45-15-19-20-21(42-28(5,6)41-20)24(40-19)35-23-18(14-31-35)22(32-25(30)33-23)34(17-12-10-11-13-17)26(37)43-27(2,3)4/h14,17,19-21,24,36H,9-13,15-16H2,1-8H3/t19-,20-,21-,24-,29?,44?/m1/s1. The lowest BCUT2D eigenvalue weighted by Crippen LogP contribution is -2.43. The zero-order valence-electron chi connectivity index (χ0n) is 27.2. The molecular weight excluding hydrogens is 645 g/mol. The van der Waals surface area contributed by atoms with Crippen LogP contribution in [0.2, 0.25) is 5.28 Å². The Bertz CT molecular complexity index is 1450. The smallest absolute Gasteiger partial charge is 0.416 e. The van der Waals surface area contributed by atoms with Gasteiger partial charge in [0.2, 0.25) is 12.7 Å². The van der Waals surface area contributed by atoms with E-state index in [9.17, 15) is 14.5 Å². The molecule has 3 aliphatic rings. The number of fused-ring (bicyclic) bond motifs is 2. The maximum Gasteiger partial charge on any atom is 0.416 e. The number of aromatic nitrogens is 4. The Hall–Kier alpha value is -1.51. The first-order valence-corrected chi connectivity index (χ1v) is 18.8. The van der Waals surface area contributed by atoms with Gasteiger partial charge in [-0.1, -0.05) is 12.8 Å². The molecule has 0 radical (unpaired) electrons. The maximum atomic E-state index is 13.6. The summed E-state index contributed by atoms with van der Waals surface area (Å²) in [6, 6.07) is -0.106. The van der Waals surface area contributed by atoms with E-state index < -0.39 is 53.9 Å².